The smallest absolute Gasteiger partial charge is 0.222 e. The molecule has 150 valence electrons. The van der Waals surface area contributed by atoms with Crippen molar-refractivity contribution < 1.29 is 4.79 Å². The molecular formula is C23H32N4O. The van der Waals surface area contributed by atoms with Crippen LogP contribution in [0, 0.1) is 20.8 Å². The van der Waals surface area contributed by atoms with Crippen LogP contribution in [-0.4, -0.2) is 47.0 Å². The topological polar surface area (TPSA) is 49.3 Å². The van der Waals surface area contributed by atoms with Gasteiger partial charge in [0.2, 0.25) is 5.91 Å². The number of aromatic nitrogens is 2. The summed E-state index contributed by atoms with van der Waals surface area (Å²) < 4.78 is 0. The molecule has 3 rings (SSSR count). The minimum Gasteiger partial charge on any atom is -0.353 e. The van der Waals surface area contributed by atoms with Crippen LogP contribution in [0.2, 0.25) is 0 Å². The Kier molecular flexibility index (Phi) is 6.65. The minimum atomic E-state index is 0.288. The van der Waals surface area contributed by atoms with Crippen molar-refractivity contribution in [1.29, 1.82) is 0 Å². The van der Waals surface area contributed by atoms with Crippen LogP contribution in [0.25, 0.3) is 0 Å². The molecule has 1 saturated heterocycles. The van der Waals surface area contributed by atoms with Crippen molar-refractivity contribution in [3.63, 3.8) is 0 Å². The van der Waals surface area contributed by atoms with E-state index < -0.39 is 0 Å². The molecule has 5 nitrogen and oxygen atoms in total. The van der Waals surface area contributed by atoms with Gasteiger partial charge in [0.15, 0.2) is 0 Å². The molecule has 1 aliphatic heterocycles. The van der Waals surface area contributed by atoms with Crippen molar-refractivity contribution in [2.75, 3.05) is 31.1 Å². The van der Waals surface area contributed by atoms with Gasteiger partial charge < -0.3 is 9.80 Å². The zero-order chi connectivity index (χ0) is 20.1. The average molecular weight is 381 g/mol. The quantitative estimate of drug-likeness (QED) is 0.764. The number of hydrogen-bond acceptors (Lipinski definition) is 4. The highest BCUT2D eigenvalue weighted by molar-refractivity contribution is 5.76. The third kappa shape index (κ3) is 4.89. The molecule has 5 heteroatoms. The van der Waals surface area contributed by atoms with Crippen molar-refractivity contribution in [2.24, 2.45) is 0 Å². The zero-order valence-corrected chi connectivity index (χ0v) is 17.7. The van der Waals surface area contributed by atoms with E-state index in [1.165, 1.54) is 16.7 Å². The molecule has 1 amide bonds. The number of unbranched alkanes of at least 4 members (excludes halogenated alkanes) is 1. The first-order valence-corrected chi connectivity index (χ1v) is 10.4. The second-order valence-corrected chi connectivity index (χ2v) is 7.80. The highest BCUT2D eigenvalue weighted by atomic mass is 16.2. The Morgan fingerprint density at radius 2 is 1.82 bits per heavy atom. The molecule has 0 atom stereocenters. The molecule has 1 fully saturated rings. The van der Waals surface area contributed by atoms with Crippen LogP contribution >= 0.6 is 0 Å². The summed E-state index contributed by atoms with van der Waals surface area (Å²) >= 11 is 0. The first kappa shape index (κ1) is 20.3. The number of benzene rings is 1. The second-order valence-electron chi connectivity index (χ2n) is 7.80. The summed E-state index contributed by atoms with van der Waals surface area (Å²) in [6.07, 6.45) is 3.54. The van der Waals surface area contributed by atoms with Crippen molar-refractivity contribution in [3.05, 3.63) is 52.5 Å². The maximum absolute atomic E-state index is 12.3. The number of aryl methyl sites for hydroxylation is 3. The third-order valence-corrected chi connectivity index (χ3v) is 5.44. The van der Waals surface area contributed by atoms with E-state index in [2.05, 4.69) is 54.9 Å². The fourth-order valence-corrected chi connectivity index (χ4v) is 3.87. The zero-order valence-electron chi connectivity index (χ0n) is 17.7. The number of hydrogen-bond donors (Lipinski definition) is 0. The Bertz CT molecular complexity index is 825. The van der Waals surface area contributed by atoms with E-state index in [0.29, 0.717) is 6.42 Å². The molecule has 0 unspecified atom stereocenters. The fourth-order valence-electron chi connectivity index (χ4n) is 3.87. The molecule has 1 aliphatic rings. The maximum atomic E-state index is 12.3. The maximum Gasteiger partial charge on any atom is 0.222 e. The molecule has 2 heterocycles. The summed E-state index contributed by atoms with van der Waals surface area (Å²) in [6, 6.07) is 8.63. The SMILES string of the molecule is CCCCC(=O)N1CCN(c2nc(C)nc(C)c2Cc2cccc(C)c2)CC1. The van der Waals surface area contributed by atoms with Crippen molar-refractivity contribution in [3.8, 4) is 0 Å². The van der Waals surface area contributed by atoms with Gasteiger partial charge in [0, 0.05) is 50.3 Å². The van der Waals surface area contributed by atoms with E-state index in [-0.39, 0.29) is 5.91 Å². The van der Waals surface area contributed by atoms with Gasteiger partial charge in [0.25, 0.3) is 0 Å². The van der Waals surface area contributed by atoms with Crippen molar-refractivity contribution in [1.82, 2.24) is 14.9 Å². The second kappa shape index (κ2) is 9.18. The van der Waals surface area contributed by atoms with Gasteiger partial charge in [-0.25, -0.2) is 9.97 Å². The van der Waals surface area contributed by atoms with Gasteiger partial charge in [0.1, 0.15) is 11.6 Å². The largest absolute Gasteiger partial charge is 0.353 e. The third-order valence-electron chi connectivity index (χ3n) is 5.44. The average Bonchev–Trinajstić information content (AvgIpc) is 2.68. The van der Waals surface area contributed by atoms with Gasteiger partial charge in [-0.2, -0.15) is 0 Å². The Morgan fingerprint density at radius 1 is 1.07 bits per heavy atom. The molecular weight excluding hydrogens is 348 g/mol. The van der Waals surface area contributed by atoms with E-state index in [9.17, 15) is 4.79 Å². The van der Waals surface area contributed by atoms with E-state index >= 15 is 0 Å². The fraction of sp³-hybridized carbons (Fsp3) is 0.522. The van der Waals surface area contributed by atoms with Gasteiger partial charge in [-0.1, -0.05) is 43.2 Å². The van der Waals surface area contributed by atoms with Gasteiger partial charge in [-0.15, -0.1) is 0 Å². The molecule has 0 bridgehead atoms. The number of carbonyl (C=O) groups excluding carboxylic acids is 1. The van der Waals surface area contributed by atoms with Gasteiger partial charge in [-0.3, -0.25) is 4.79 Å². The van der Waals surface area contributed by atoms with E-state index in [1.54, 1.807) is 0 Å². The van der Waals surface area contributed by atoms with Gasteiger partial charge in [-0.05, 0) is 32.8 Å². The monoisotopic (exact) mass is 380 g/mol. The highest BCUT2D eigenvalue weighted by Crippen LogP contribution is 2.25. The molecule has 28 heavy (non-hydrogen) atoms. The summed E-state index contributed by atoms with van der Waals surface area (Å²) in [6.45, 7) is 11.5. The summed E-state index contributed by atoms with van der Waals surface area (Å²) in [5.74, 6) is 2.13. The molecule has 1 aromatic carbocycles. The molecule has 1 aromatic heterocycles. The Morgan fingerprint density at radius 3 is 2.50 bits per heavy atom. The number of anilines is 1. The number of rotatable bonds is 6. The summed E-state index contributed by atoms with van der Waals surface area (Å²) in [7, 11) is 0. The molecule has 0 saturated carbocycles. The Hall–Kier alpha value is -2.43. The van der Waals surface area contributed by atoms with E-state index in [4.69, 9.17) is 4.98 Å². The number of carbonyl (C=O) groups is 1. The molecule has 0 aliphatic carbocycles. The van der Waals surface area contributed by atoms with E-state index in [0.717, 1.165) is 62.8 Å². The lowest BCUT2D eigenvalue weighted by Gasteiger charge is -2.36. The van der Waals surface area contributed by atoms with Crippen LogP contribution in [0.15, 0.2) is 24.3 Å². The first-order chi connectivity index (χ1) is 13.5. The molecule has 0 radical (unpaired) electrons. The van der Waals surface area contributed by atoms with Crippen LogP contribution < -0.4 is 4.90 Å². The lowest BCUT2D eigenvalue weighted by molar-refractivity contribution is -0.131. The minimum absolute atomic E-state index is 0.288. The Balaban J connectivity index is 1.77. The van der Waals surface area contributed by atoms with Gasteiger partial charge in [0.05, 0.1) is 0 Å². The van der Waals surface area contributed by atoms with Gasteiger partial charge >= 0.3 is 0 Å². The van der Waals surface area contributed by atoms with Crippen LogP contribution in [0.5, 0.6) is 0 Å². The van der Waals surface area contributed by atoms with Crippen LogP contribution in [0.3, 0.4) is 0 Å². The Labute approximate surface area is 168 Å². The summed E-state index contributed by atoms with van der Waals surface area (Å²) in [5.41, 5.74) is 4.79. The van der Waals surface area contributed by atoms with Crippen LogP contribution in [0.4, 0.5) is 5.82 Å². The van der Waals surface area contributed by atoms with Crippen molar-refractivity contribution >= 4 is 11.7 Å². The normalized spacial score (nSPS) is 14.4. The standard InChI is InChI=1S/C23H32N4O/c1-5-6-10-22(28)26-11-13-27(14-12-26)23-21(18(3)24-19(4)25-23)16-20-9-7-8-17(2)15-20/h7-9,15H,5-6,10-14,16H2,1-4H3. The predicted octanol–water partition coefficient (Wildman–Crippen LogP) is 3.83. The van der Waals surface area contributed by atoms with Crippen LogP contribution in [-0.2, 0) is 11.2 Å². The van der Waals surface area contributed by atoms with E-state index in [1.807, 2.05) is 11.8 Å². The number of amides is 1. The predicted molar refractivity (Wildman–Crippen MR) is 114 cm³/mol. The first-order valence-electron chi connectivity index (χ1n) is 10.4. The lowest BCUT2D eigenvalue weighted by Crippen LogP contribution is -2.49. The lowest BCUT2D eigenvalue weighted by atomic mass is 10.0. The molecule has 0 N–H and O–H groups in total. The highest BCUT2D eigenvalue weighted by Gasteiger charge is 2.24. The van der Waals surface area contributed by atoms with Crippen molar-refractivity contribution in [2.45, 2.75) is 53.4 Å². The van der Waals surface area contributed by atoms with Crippen LogP contribution in [0.1, 0.15) is 54.4 Å². The summed E-state index contributed by atoms with van der Waals surface area (Å²) in [4.78, 5) is 26.1. The molecule has 2 aromatic rings. The number of piperazine rings is 1. The molecule has 0 spiro atoms. The summed E-state index contributed by atoms with van der Waals surface area (Å²) in [5, 5.41) is 0. The number of nitrogens with zero attached hydrogens (tertiary/aromatic N) is 4.